The normalized spacial score (nSPS) is 10.5. The largest absolute Gasteiger partial charge is 0.395 e. The Morgan fingerprint density at radius 2 is 2.10 bits per heavy atom. The van der Waals surface area contributed by atoms with Crippen LogP contribution >= 0.6 is 0 Å². The molecule has 0 aliphatic carbocycles. The van der Waals surface area contributed by atoms with Gasteiger partial charge in [0.1, 0.15) is 5.82 Å². The summed E-state index contributed by atoms with van der Waals surface area (Å²) in [5.41, 5.74) is 2.22. The summed E-state index contributed by atoms with van der Waals surface area (Å²) < 4.78 is 2.03. The van der Waals surface area contributed by atoms with Crippen molar-refractivity contribution in [3.05, 3.63) is 53.6 Å². The molecule has 0 radical (unpaired) electrons. The number of benzene rings is 1. The predicted molar refractivity (Wildman–Crippen MR) is 83.4 cm³/mol. The number of aryl methyl sites for hydroxylation is 1. The maximum atomic E-state index is 8.81. The van der Waals surface area contributed by atoms with E-state index in [0.717, 1.165) is 24.5 Å². The molecule has 1 aromatic carbocycles. The molecular weight excluding hydrogens is 262 g/mol. The Bertz CT molecular complexity index is 637. The standard InChI is InChI=1S/C17H21N3O/c1-19(14-17-18-10-11-20(17)2)13-16-9-4-3-7-15(16)8-5-6-12-21/h3-4,7,9-11,21H,6,12-14H2,1-2H3. The van der Waals surface area contributed by atoms with Crippen molar-refractivity contribution < 1.29 is 5.11 Å². The van der Waals surface area contributed by atoms with Gasteiger partial charge in [-0.3, -0.25) is 4.90 Å². The van der Waals surface area contributed by atoms with E-state index in [0.29, 0.717) is 6.42 Å². The highest BCUT2D eigenvalue weighted by Gasteiger charge is 2.07. The lowest BCUT2D eigenvalue weighted by molar-refractivity contribution is 0.305. The molecular formula is C17H21N3O. The topological polar surface area (TPSA) is 41.3 Å². The second-order valence-corrected chi connectivity index (χ2v) is 5.06. The number of aliphatic hydroxyl groups is 1. The maximum Gasteiger partial charge on any atom is 0.122 e. The summed E-state index contributed by atoms with van der Waals surface area (Å²) in [6, 6.07) is 8.14. The number of aliphatic hydroxyl groups excluding tert-OH is 1. The van der Waals surface area contributed by atoms with E-state index in [1.54, 1.807) is 0 Å². The average Bonchev–Trinajstić information content (AvgIpc) is 2.86. The second-order valence-electron chi connectivity index (χ2n) is 5.06. The van der Waals surface area contributed by atoms with Crippen LogP contribution in [0.4, 0.5) is 0 Å². The van der Waals surface area contributed by atoms with E-state index in [9.17, 15) is 0 Å². The van der Waals surface area contributed by atoms with Gasteiger partial charge in [-0.05, 0) is 18.7 Å². The molecule has 2 aromatic rings. The number of rotatable bonds is 5. The molecule has 2 rings (SSSR count). The molecule has 21 heavy (non-hydrogen) atoms. The minimum atomic E-state index is 0.105. The third-order valence-electron chi connectivity index (χ3n) is 3.25. The van der Waals surface area contributed by atoms with E-state index in [2.05, 4.69) is 34.8 Å². The maximum absolute atomic E-state index is 8.81. The monoisotopic (exact) mass is 283 g/mol. The zero-order valence-electron chi connectivity index (χ0n) is 12.6. The van der Waals surface area contributed by atoms with Crippen LogP contribution in [0.15, 0.2) is 36.7 Å². The summed E-state index contributed by atoms with van der Waals surface area (Å²) in [6.07, 6.45) is 4.28. The van der Waals surface area contributed by atoms with E-state index < -0.39 is 0 Å². The fraction of sp³-hybridized carbons (Fsp3) is 0.353. The zero-order chi connectivity index (χ0) is 15.1. The van der Waals surface area contributed by atoms with Gasteiger partial charge in [0.25, 0.3) is 0 Å². The molecule has 0 saturated carbocycles. The molecule has 0 unspecified atom stereocenters. The molecule has 0 spiro atoms. The van der Waals surface area contributed by atoms with Crippen LogP contribution in [-0.4, -0.2) is 33.2 Å². The van der Waals surface area contributed by atoms with Gasteiger partial charge in [-0.15, -0.1) is 0 Å². The van der Waals surface area contributed by atoms with Crippen LogP contribution in [0.3, 0.4) is 0 Å². The molecule has 1 N–H and O–H groups in total. The molecule has 0 fully saturated rings. The molecule has 0 bridgehead atoms. The van der Waals surface area contributed by atoms with Gasteiger partial charge in [0.15, 0.2) is 0 Å². The summed E-state index contributed by atoms with van der Waals surface area (Å²) in [4.78, 5) is 6.56. The fourth-order valence-corrected chi connectivity index (χ4v) is 2.13. The van der Waals surface area contributed by atoms with Crippen LogP contribution in [0, 0.1) is 11.8 Å². The van der Waals surface area contributed by atoms with Gasteiger partial charge in [-0.1, -0.05) is 30.0 Å². The Morgan fingerprint density at radius 3 is 2.81 bits per heavy atom. The summed E-state index contributed by atoms with van der Waals surface area (Å²) >= 11 is 0. The Hall–Kier alpha value is -2.09. The minimum Gasteiger partial charge on any atom is -0.395 e. The van der Waals surface area contributed by atoms with Gasteiger partial charge in [-0.25, -0.2) is 4.98 Å². The summed E-state index contributed by atoms with van der Waals surface area (Å²) in [7, 11) is 4.08. The fourth-order valence-electron chi connectivity index (χ4n) is 2.13. The third kappa shape index (κ3) is 4.45. The van der Waals surface area contributed by atoms with Crippen molar-refractivity contribution in [1.29, 1.82) is 0 Å². The number of hydrogen-bond acceptors (Lipinski definition) is 3. The molecule has 110 valence electrons. The number of aromatic nitrogens is 2. The molecule has 0 aliphatic rings. The third-order valence-corrected chi connectivity index (χ3v) is 3.25. The van der Waals surface area contributed by atoms with Gasteiger partial charge in [0.2, 0.25) is 0 Å². The molecule has 4 nitrogen and oxygen atoms in total. The highest BCUT2D eigenvalue weighted by atomic mass is 16.2. The Morgan fingerprint density at radius 1 is 1.29 bits per heavy atom. The van der Waals surface area contributed by atoms with Gasteiger partial charge >= 0.3 is 0 Å². The van der Waals surface area contributed by atoms with Crippen LogP contribution in [-0.2, 0) is 20.1 Å². The van der Waals surface area contributed by atoms with Crippen molar-refractivity contribution in [2.24, 2.45) is 7.05 Å². The summed E-state index contributed by atoms with van der Waals surface area (Å²) in [5.74, 6) is 7.16. The van der Waals surface area contributed by atoms with Gasteiger partial charge in [0.05, 0.1) is 13.2 Å². The van der Waals surface area contributed by atoms with E-state index in [1.165, 1.54) is 5.56 Å². The van der Waals surface area contributed by atoms with Crippen LogP contribution in [0.2, 0.25) is 0 Å². The molecule has 1 heterocycles. The van der Waals surface area contributed by atoms with Crippen LogP contribution in [0.5, 0.6) is 0 Å². The summed E-state index contributed by atoms with van der Waals surface area (Å²) in [6.45, 7) is 1.72. The quantitative estimate of drug-likeness (QED) is 0.851. The van der Waals surface area contributed by atoms with Gasteiger partial charge in [-0.2, -0.15) is 0 Å². The van der Waals surface area contributed by atoms with Gasteiger partial charge in [0, 0.05) is 38.0 Å². The highest BCUT2D eigenvalue weighted by Crippen LogP contribution is 2.11. The highest BCUT2D eigenvalue weighted by molar-refractivity contribution is 5.41. The van der Waals surface area contributed by atoms with Crippen molar-refractivity contribution in [3.63, 3.8) is 0 Å². The van der Waals surface area contributed by atoms with E-state index >= 15 is 0 Å². The molecule has 0 aliphatic heterocycles. The second kappa shape index (κ2) is 7.63. The zero-order valence-corrected chi connectivity index (χ0v) is 12.6. The van der Waals surface area contributed by atoms with E-state index in [4.69, 9.17) is 5.11 Å². The molecule has 0 atom stereocenters. The first-order chi connectivity index (χ1) is 10.2. The van der Waals surface area contributed by atoms with Crippen LogP contribution in [0.25, 0.3) is 0 Å². The molecule has 0 amide bonds. The predicted octanol–water partition coefficient (Wildman–Crippen LogP) is 1.79. The van der Waals surface area contributed by atoms with Crippen LogP contribution in [0.1, 0.15) is 23.4 Å². The van der Waals surface area contributed by atoms with Crippen molar-refractivity contribution in [2.75, 3.05) is 13.7 Å². The molecule has 4 heteroatoms. The first kappa shape index (κ1) is 15.3. The first-order valence-corrected chi connectivity index (χ1v) is 7.03. The minimum absolute atomic E-state index is 0.105. The lowest BCUT2D eigenvalue weighted by Crippen LogP contribution is -2.20. The Balaban J connectivity index is 2.05. The number of nitrogens with zero attached hydrogens (tertiary/aromatic N) is 3. The number of hydrogen-bond donors (Lipinski definition) is 1. The van der Waals surface area contributed by atoms with Crippen molar-refractivity contribution >= 4 is 0 Å². The van der Waals surface area contributed by atoms with Gasteiger partial charge < -0.3 is 9.67 Å². The Kier molecular flexibility index (Phi) is 5.56. The van der Waals surface area contributed by atoms with E-state index in [-0.39, 0.29) is 6.61 Å². The van der Waals surface area contributed by atoms with E-state index in [1.807, 2.05) is 42.2 Å². The molecule has 0 saturated heterocycles. The average molecular weight is 283 g/mol. The van der Waals surface area contributed by atoms with Crippen molar-refractivity contribution in [1.82, 2.24) is 14.5 Å². The SMILES string of the molecule is CN(Cc1ccccc1C#CCCO)Cc1nccn1C. The van der Waals surface area contributed by atoms with Crippen molar-refractivity contribution in [3.8, 4) is 11.8 Å². The lowest BCUT2D eigenvalue weighted by atomic mass is 10.1. The smallest absolute Gasteiger partial charge is 0.122 e. The van der Waals surface area contributed by atoms with Crippen molar-refractivity contribution in [2.45, 2.75) is 19.5 Å². The lowest BCUT2D eigenvalue weighted by Gasteiger charge is -2.17. The van der Waals surface area contributed by atoms with Crippen LogP contribution < -0.4 is 0 Å². The molecule has 1 aromatic heterocycles. The Labute approximate surface area is 126 Å². The first-order valence-electron chi connectivity index (χ1n) is 7.03. The summed E-state index contributed by atoms with van der Waals surface area (Å²) in [5, 5.41) is 8.81. The number of imidazole rings is 1.